The molecule has 0 saturated heterocycles. The zero-order chi connectivity index (χ0) is 16.2. The normalized spacial score (nSPS) is 10.7. The molecule has 3 rings (SSSR count). The lowest BCUT2D eigenvalue weighted by atomic mass is 10.1. The van der Waals surface area contributed by atoms with Crippen LogP contribution in [0.4, 0.5) is 0 Å². The van der Waals surface area contributed by atoms with Crippen molar-refractivity contribution in [2.24, 2.45) is 0 Å². The van der Waals surface area contributed by atoms with Gasteiger partial charge in [-0.25, -0.2) is 0 Å². The molecule has 0 aromatic carbocycles. The van der Waals surface area contributed by atoms with Gasteiger partial charge in [-0.05, 0) is 31.2 Å². The van der Waals surface area contributed by atoms with Gasteiger partial charge in [0.2, 0.25) is 5.76 Å². The summed E-state index contributed by atoms with van der Waals surface area (Å²) in [6, 6.07) is 9.23. The Morgan fingerprint density at radius 2 is 2.13 bits per heavy atom. The lowest BCUT2D eigenvalue weighted by Gasteiger charge is -2.16. The topological polar surface area (TPSA) is 72.4 Å². The molecule has 0 fully saturated rings. The van der Waals surface area contributed by atoms with E-state index < -0.39 is 0 Å². The van der Waals surface area contributed by atoms with Gasteiger partial charge in [-0.3, -0.25) is 9.78 Å². The van der Waals surface area contributed by atoms with Crippen LogP contribution in [0, 0.1) is 6.92 Å². The lowest BCUT2D eigenvalue weighted by Crippen LogP contribution is -2.29. The predicted molar refractivity (Wildman–Crippen MR) is 83.8 cm³/mol. The molecule has 0 aliphatic carbocycles. The number of carbonyl (C=O) groups is 1. The minimum absolute atomic E-state index is 0.147. The second-order valence-electron chi connectivity index (χ2n) is 5.25. The zero-order valence-corrected chi connectivity index (χ0v) is 13.0. The standard InChI is InChI=1S/C17H17N3O3/c1-12-15(16(23-19-12)14-7-5-11-22-14)17(21)20(2)10-8-13-6-3-4-9-18-13/h3-7,9,11H,8,10H2,1-2H3. The monoisotopic (exact) mass is 311 g/mol. The number of aryl methyl sites for hydroxylation is 1. The SMILES string of the molecule is Cc1noc(-c2ccco2)c1C(=O)N(C)CCc1ccccn1. The molecule has 6 nitrogen and oxygen atoms in total. The second-order valence-corrected chi connectivity index (χ2v) is 5.25. The van der Waals surface area contributed by atoms with Crippen molar-refractivity contribution in [2.75, 3.05) is 13.6 Å². The Labute approximate surface area is 133 Å². The fraction of sp³-hybridized carbons (Fsp3) is 0.235. The van der Waals surface area contributed by atoms with E-state index in [0.29, 0.717) is 35.7 Å². The first-order chi connectivity index (χ1) is 11.2. The Bertz CT molecular complexity index is 779. The van der Waals surface area contributed by atoms with Gasteiger partial charge in [0, 0.05) is 31.9 Å². The molecule has 118 valence electrons. The molecule has 0 aliphatic heterocycles. The summed E-state index contributed by atoms with van der Waals surface area (Å²) < 4.78 is 10.6. The van der Waals surface area contributed by atoms with Crippen LogP contribution in [0.3, 0.4) is 0 Å². The Kier molecular flexibility index (Phi) is 4.23. The number of rotatable bonds is 5. The number of furan rings is 1. The van der Waals surface area contributed by atoms with E-state index in [0.717, 1.165) is 5.69 Å². The van der Waals surface area contributed by atoms with Gasteiger partial charge in [0.25, 0.3) is 5.91 Å². The highest BCUT2D eigenvalue weighted by atomic mass is 16.5. The average Bonchev–Trinajstić information content (AvgIpc) is 3.22. The third-order valence-electron chi connectivity index (χ3n) is 3.60. The number of aromatic nitrogens is 2. The number of amides is 1. The molecule has 0 atom stereocenters. The van der Waals surface area contributed by atoms with Crippen LogP contribution in [0.15, 0.2) is 51.7 Å². The van der Waals surface area contributed by atoms with Crippen LogP contribution < -0.4 is 0 Å². The summed E-state index contributed by atoms with van der Waals surface area (Å²) in [5, 5.41) is 3.90. The minimum atomic E-state index is -0.147. The predicted octanol–water partition coefficient (Wildman–Crippen LogP) is 2.95. The molecule has 0 bridgehead atoms. The van der Waals surface area contributed by atoms with Crippen LogP contribution in [0.25, 0.3) is 11.5 Å². The van der Waals surface area contributed by atoms with Crippen LogP contribution in [0.1, 0.15) is 21.7 Å². The first kappa shape index (κ1) is 15.0. The van der Waals surface area contributed by atoms with Gasteiger partial charge in [0.15, 0.2) is 5.76 Å². The molecule has 6 heteroatoms. The van der Waals surface area contributed by atoms with Crippen molar-refractivity contribution in [2.45, 2.75) is 13.3 Å². The number of hydrogen-bond acceptors (Lipinski definition) is 5. The largest absolute Gasteiger partial charge is 0.461 e. The van der Waals surface area contributed by atoms with E-state index in [-0.39, 0.29) is 5.91 Å². The Balaban J connectivity index is 1.76. The van der Waals surface area contributed by atoms with E-state index >= 15 is 0 Å². The first-order valence-electron chi connectivity index (χ1n) is 7.32. The third kappa shape index (κ3) is 3.15. The van der Waals surface area contributed by atoms with E-state index in [9.17, 15) is 4.79 Å². The van der Waals surface area contributed by atoms with Crippen LogP contribution in [-0.2, 0) is 6.42 Å². The molecule has 3 aromatic heterocycles. The number of pyridine rings is 1. The van der Waals surface area contributed by atoms with Crippen LogP contribution >= 0.6 is 0 Å². The Hall–Kier alpha value is -2.89. The smallest absolute Gasteiger partial charge is 0.259 e. The van der Waals surface area contributed by atoms with Crippen molar-refractivity contribution in [3.8, 4) is 11.5 Å². The highest BCUT2D eigenvalue weighted by molar-refractivity contribution is 5.99. The summed E-state index contributed by atoms with van der Waals surface area (Å²) in [6.45, 7) is 2.30. The van der Waals surface area contributed by atoms with E-state index in [4.69, 9.17) is 8.94 Å². The maximum Gasteiger partial charge on any atom is 0.259 e. The number of carbonyl (C=O) groups excluding carboxylic acids is 1. The van der Waals surface area contributed by atoms with Gasteiger partial charge < -0.3 is 13.8 Å². The van der Waals surface area contributed by atoms with Crippen LogP contribution in [-0.4, -0.2) is 34.5 Å². The third-order valence-corrected chi connectivity index (χ3v) is 3.60. The second kappa shape index (κ2) is 6.48. The summed E-state index contributed by atoms with van der Waals surface area (Å²) in [6.07, 6.45) is 3.96. The van der Waals surface area contributed by atoms with Gasteiger partial charge in [0.1, 0.15) is 5.56 Å². The quantitative estimate of drug-likeness (QED) is 0.724. The van der Waals surface area contributed by atoms with Gasteiger partial charge in [0.05, 0.1) is 12.0 Å². The molecular weight excluding hydrogens is 294 g/mol. The number of likely N-dealkylation sites (N-methyl/N-ethyl adjacent to an activating group) is 1. The minimum Gasteiger partial charge on any atom is -0.461 e. The highest BCUT2D eigenvalue weighted by Gasteiger charge is 2.25. The molecule has 1 amide bonds. The number of nitrogens with zero attached hydrogens (tertiary/aromatic N) is 3. The molecule has 3 aromatic rings. The summed E-state index contributed by atoms with van der Waals surface area (Å²) in [5.41, 5.74) is 1.93. The summed E-state index contributed by atoms with van der Waals surface area (Å²) in [4.78, 5) is 18.6. The van der Waals surface area contributed by atoms with Crippen molar-refractivity contribution in [1.82, 2.24) is 15.0 Å². The van der Waals surface area contributed by atoms with Gasteiger partial charge in [-0.2, -0.15) is 0 Å². The Morgan fingerprint density at radius 3 is 2.83 bits per heavy atom. The van der Waals surface area contributed by atoms with Gasteiger partial charge >= 0.3 is 0 Å². The molecular formula is C17H17N3O3. The fourth-order valence-corrected chi connectivity index (χ4v) is 2.32. The van der Waals surface area contributed by atoms with E-state index in [1.807, 2.05) is 18.2 Å². The average molecular weight is 311 g/mol. The van der Waals surface area contributed by atoms with Crippen molar-refractivity contribution in [3.63, 3.8) is 0 Å². The first-order valence-corrected chi connectivity index (χ1v) is 7.32. The van der Waals surface area contributed by atoms with Crippen molar-refractivity contribution in [3.05, 3.63) is 59.7 Å². The summed E-state index contributed by atoms with van der Waals surface area (Å²) in [5.74, 6) is 0.709. The fourth-order valence-electron chi connectivity index (χ4n) is 2.32. The molecule has 3 heterocycles. The van der Waals surface area contributed by atoms with E-state index in [2.05, 4.69) is 10.1 Å². The maximum absolute atomic E-state index is 12.7. The molecule has 0 N–H and O–H groups in total. The van der Waals surface area contributed by atoms with Crippen molar-refractivity contribution in [1.29, 1.82) is 0 Å². The van der Waals surface area contributed by atoms with Crippen LogP contribution in [0.5, 0.6) is 0 Å². The molecule has 23 heavy (non-hydrogen) atoms. The van der Waals surface area contributed by atoms with Crippen molar-refractivity contribution < 1.29 is 13.7 Å². The maximum atomic E-state index is 12.7. The molecule has 0 radical (unpaired) electrons. The summed E-state index contributed by atoms with van der Waals surface area (Å²) in [7, 11) is 1.75. The molecule has 0 spiro atoms. The molecule has 0 unspecified atom stereocenters. The zero-order valence-electron chi connectivity index (χ0n) is 13.0. The van der Waals surface area contributed by atoms with E-state index in [1.165, 1.54) is 6.26 Å². The van der Waals surface area contributed by atoms with Crippen molar-refractivity contribution >= 4 is 5.91 Å². The Morgan fingerprint density at radius 1 is 1.26 bits per heavy atom. The lowest BCUT2D eigenvalue weighted by molar-refractivity contribution is 0.0795. The van der Waals surface area contributed by atoms with E-state index in [1.54, 1.807) is 37.2 Å². The molecule has 0 aliphatic rings. The van der Waals surface area contributed by atoms with Crippen LogP contribution in [0.2, 0.25) is 0 Å². The molecule has 0 saturated carbocycles. The highest BCUT2D eigenvalue weighted by Crippen LogP contribution is 2.27. The van der Waals surface area contributed by atoms with Gasteiger partial charge in [-0.15, -0.1) is 0 Å². The summed E-state index contributed by atoms with van der Waals surface area (Å²) >= 11 is 0. The number of hydrogen-bond donors (Lipinski definition) is 0. The van der Waals surface area contributed by atoms with Gasteiger partial charge in [-0.1, -0.05) is 11.2 Å².